The summed E-state index contributed by atoms with van der Waals surface area (Å²) in [7, 11) is 0. The second-order valence-electron chi connectivity index (χ2n) is 5.82. The van der Waals surface area contributed by atoms with Gasteiger partial charge in [0.1, 0.15) is 0 Å². The van der Waals surface area contributed by atoms with E-state index in [0.717, 1.165) is 32.4 Å². The predicted octanol–water partition coefficient (Wildman–Crippen LogP) is 1.92. The molecule has 2 N–H and O–H groups in total. The maximum atomic E-state index is 12.8. The molecule has 2 fully saturated rings. The van der Waals surface area contributed by atoms with Gasteiger partial charge >= 0.3 is 0 Å². The number of hydrogen-bond donors (Lipinski definition) is 1. The molecule has 4 heteroatoms. The van der Waals surface area contributed by atoms with Crippen LogP contribution >= 0.6 is 0 Å². The summed E-state index contributed by atoms with van der Waals surface area (Å²) in [4.78, 5) is 14.9. The standard InChI is InChI=1S/C15H28N2O2/c1-2-14-13(8-11-19-14)15(18)17(10-5-9-16)12-6-3-4-7-12/h12-14H,2-11,16H2,1H3. The monoisotopic (exact) mass is 268 g/mol. The second-order valence-corrected chi connectivity index (χ2v) is 5.82. The lowest BCUT2D eigenvalue weighted by Gasteiger charge is -2.32. The summed E-state index contributed by atoms with van der Waals surface area (Å²) in [5.74, 6) is 0.410. The van der Waals surface area contributed by atoms with Crippen molar-refractivity contribution in [3.63, 3.8) is 0 Å². The topological polar surface area (TPSA) is 55.6 Å². The molecule has 2 unspecified atom stereocenters. The number of hydrogen-bond acceptors (Lipinski definition) is 3. The van der Waals surface area contributed by atoms with Crippen LogP contribution in [0.15, 0.2) is 0 Å². The Labute approximate surface area is 116 Å². The molecule has 2 aliphatic rings. The van der Waals surface area contributed by atoms with Crippen LogP contribution in [0.5, 0.6) is 0 Å². The molecule has 110 valence electrons. The van der Waals surface area contributed by atoms with Gasteiger partial charge in [0, 0.05) is 19.2 Å². The molecule has 1 saturated carbocycles. The summed E-state index contributed by atoms with van der Waals surface area (Å²) in [5, 5.41) is 0. The van der Waals surface area contributed by atoms with Crippen LogP contribution < -0.4 is 5.73 Å². The van der Waals surface area contributed by atoms with Gasteiger partial charge < -0.3 is 15.4 Å². The zero-order chi connectivity index (χ0) is 13.7. The quantitative estimate of drug-likeness (QED) is 0.800. The molecule has 1 aliphatic carbocycles. The van der Waals surface area contributed by atoms with Crippen molar-refractivity contribution in [2.45, 2.75) is 64.0 Å². The molecule has 0 aromatic carbocycles. The smallest absolute Gasteiger partial charge is 0.228 e. The van der Waals surface area contributed by atoms with Crippen LogP contribution in [0.1, 0.15) is 51.9 Å². The van der Waals surface area contributed by atoms with Gasteiger partial charge in [-0.05, 0) is 38.6 Å². The van der Waals surface area contributed by atoms with E-state index in [1.165, 1.54) is 25.7 Å². The lowest BCUT2D eigenvalue weighted by atomic mass is 9.96. The minimum Gasteiger partial charge on any atom is -0.377 e. The Hall–Kier alpha value is -0.610. The molecule has 0 aromatic rings. The van der Waals surface area contributed by atoms with E-state index in [9.17, 15) is 4.79 Å². The third kappa shape index (κ3) is 3.48. The average molecular weight is 268 g/mol. The highest BCUT2D eigenvalue weighted by molar-refractivity contribution is 5.80. The van der Waals surface area contributed by atoms with Crippen molar-refractivity contribution in [3.8, 4) is 0 Å². The van der Waals surface area contributed by atoms with Crippen LogP contribution in [0, 0.1) is 5.92 Å². The van der Waals surface area contributed by atoms with Gasteiger partial charge in [0.05, 0.1) is 12.0 Å². The number of rotatable bonds is 6. The van der Waals surface area contributed by atoms with Gasteiger partial charge in [0.2, 0.25) is 5.91 Å². The van der Waals surface area contributed by atoms with E-state index in [2.05, 4.69) is 11.8 Å². The van der Waals surface area contributed by atoms with Crippen LogP contribution in [-0.2, 0) is 9.53 Å². The first kappa shape index (κ1) is 14.8. The lowest BCUT2D eigenvalue weighted by Crippen LogP contribution is -2.45. The fraction of sp³-hybridized carbons (Fsp3) is 0.933. The normalized spacial score (nSPS) is 27.9. The summed E-state index contributed by atoms with van der Waals surface area (Å²) >= 11 is 0. The Morgan fingerprint density at radius 3 is 2.68 bits per heavy atom. The molecular formula is C15H28N2O2. The minimum atomic E-state index is 0.0865. The molecule has 1 aliphatic heterocycles. The molecule has 1 amide bonds. The summed E-state index contributed by atoms with van der Waals surface area (Å²) in [6, 6.07) is 0.456. The van der Waals surface area contributed by atoms with Crippen molar-refractivity contribution < 1.29 is 9.53 Å². The first-order valence-electron chi connectivity index (χ1n) is 7.90. The van der Waals surface area contributed by atoms with E-state index >= 15 is 0 Å². The Morgan fingerprint density at radius 2 is 2.05 bits per heavy atom. The highest BCUT2D eigenvalue weighted by atomic mass is 16.5. The van der Waals surface area contributed by atoms with Crippen LogP contribution in [0.2, 0.25) is 0 Å². The van der Waals surface area contributed by atoms with Gasteiger partial charge in [-0.25, -0.2) is 0 Å². The molecule has 0 radical (unpaired) electrons. The molecule has 19 heavy (non-hydrogen) atoms. The zero-order valence-corrected chi connectivity index (χ0v) is 12.1. The number of ether oxygens (including phenoxy) is 1. The van der Waals surface area contributed by atoms with Crippen molar-refractivity contribution >= 4 is 5.91 Å². The largest absolute Gasteiger partial charge is 0.377 e. The van der Waals surface area contributed by atoms with Gasteiger partial charge in [-0.3, -0.25) is 4.79 Å². The van der Waals surface area contributed by atoms with Crippen molar-refractivity contribution in [1.29, 1.82) is 0 Å². The fourth-order valence-electron chi connectivity index (χ4n) is 3.50. The van der Waals surface area contributed by atoms with Crippen molar-refractivity contribution in [2.75, 3.05) is 19.7 Å². The third-order valence-electron chi connectivity index (χ3n) is 4.58. The number of nitrogens with two attached hydrogens (primary N) is 1. The molecule has 0 bridgehead atoms. The highest BCUT2D eigenvalue weighted by Crippen LogP contribution is 2.30. The molecule has 4 nitrogen and oxygen atoms in total. The fourth-order valence-corrected chi connectivity index (χ4v) is 3.50. The summed E-state index contributed by atoms with van der Waals surface area (Å²) in [5.41, 5.74) is 5.62. The van der Waals surface area contributed by atoms with Crippen molar-refractivity contribution in [2.24, 2.45) is 11.7 Å². The molecular weight excluding hydrogens is 240 g/mol. The summed E-state index contributed by atoms with van der Waals surface area (Å²) in [6.07, 6.45) is 7.72. The van der Waals surface area contributed by atoms with Crippen molar-refractivity contribution in [3.05, 3.63) is 0 Å². The van der Waals surface area contributed by atoms with E-state index in [1.54, 1.807) is 0 Å². The van der Waals surface area contributed by atoms with E-state index in [-0.39, 0.29) is 12.0 Å². The molecule has 1 saturated heterocycles. The van der Waals surface area contributed by atoms with E-state index in [0.29, 0.717) is 18.5 Å². The van der Waals surface area contributed by atoms with Crippen LogP contribution in [0.4, 0.5) is 0 Å². The molecule has 0 aromatic heterocycles. The van der Waals surface area contributed by atoms with Gasteiger partial charge in [0.15, 0.2) is 0 Å². The van der Waals surface area contributed by atoms with Gasteiger partial charge in [-0.2, -0.15) is 0 Å². The number of nitrogens with zero attached hydrogens (tertiary/aromatic N) is 1. The summed E-state index contributed by atoms with van der Waals surface area (Å²) in [6.45, 7) is 4.34. The predicted molar refractivity (Wildman–Crippen MR) is 75.8 cm³/mol. The SMILES string of the molecule is CCC1OCCC1C(=O)N(CCCN)C1CCCC1. The molecule has 0 spiro atoms. The number of amides is 1. The Balaban J connectivity index is 2.01. The lowest BCUT2D eigenvalue weighted by molar-refractivity contribution is -0.139. The first-order valence-corrected chi connectivity index (χ1v) is 7.90. The second kappa shape index (κ2) is 7.25. The van der Waals surface area contributed by atoms with E-state index in [1.807, 2.05) is 0 Å². The molecule has 1 heterocycles. The van der Waals surface area contributed by atoms with Gasteiger partial charge in [-0.15, -0.1) is 0 Å². The van der Waals surface area contributed by atoms with Crippen LogP contribution in [-0.4, -0.2) is 42.6 Å². The van der Waals surface area contributed by atoms with Crippen LogP contribution in [0.3, 0.4) is 0 Å². The maximum absolute atomic E-state index is 12.8. The Bertz CT molecular complexity index is 290. The Morgan fingerprint density at radius 1 is 1.32 bits per heavy atom. The first-order chi connectivity index (χ1) is 9.27. The Kier molecular flexibility index (Phi) is 5.64. The van der Waals surface area contributed by atoms with Crippen molar-refractivity contribution in [1.82, 2.24) is 4.90 Å². The highest BCUT2D eigenvalue weighted by Gasteiger charge is 2.37. The average Bonchev–Trinajstić information content (AvgIpc) is 3.09. The summed E-state index contributed by atoms with van der Waals surface area (Å²) < 4.78 is 5.68. The van der Waals surface area contributed by atoms with E-state index in [4.69, 9.17) is 10.5 Å². The third-order valence-corrected chi connectivity index (χ3v) is 4.58. The number of carbonyl (C=O) groups excluding carboxylic acids is 1. The van der Waals surface area contributed by atoms with Gasteiger partial charge in [-0.1, -0.05) is 19.8 Å². The van der Waals surface area contributed by atoms with Gasteiger partial charge in [0.25, 0.3) is 0 Å². The molecule has 2 atom stereocenters. The van der Waals surface area contributed by atoms with E-state index < -0.39 is 0 Å². The van der Waals surface area contributed by atoms with Crippen LogP contribution in [0.25, 0.3) is 0 Å². The molecule has 2 rings (SSSR count). The minimum absolute atomic E-state index is 0.0865. The maximum Gasteiger partial charge on any atom is 0.228 e. The number of carbonyl (C=O) groups is 1. The zero-order valence-electron chi connectivity index (χ0n) is 12.1.